The lowest BCUT2D eigenvalue weighted by atomic mass is 9.96. The Bertz CT molecular complexity index is 876. The molecule has 1 unspecified atom stereocenters. The fourth-order valence-corrected chi connectivity index (χ4v) is 3.83. The molecule has 0 saturated carbocycles. The Labute approximate surface area is 163 Å². The van der Waals surface area contributed by atoms with Crippen LogP contribution in [0.4, 0.5) is 0 Å². The van der Waals surface area contributed by atoms with Crippen LogP contribution in [0.2, 0.25) is 5.02 Å². The zero-order chi connectivity index (χ0) is 18.5. The third kappa shape index (κ3) is 4.71. The van der Waals surface area contributed by atoms with Gasteiger partial charge in [0.1, 0.15) is 5.01 Å². The number of carbonyl (C=O) groups is 1. The van der Waals surface area contributed by atoms with E-state index >= 15 is 0 Å². The number of benzene rings is 2. The van der Waals surface area contributed by atoms with Crippen molar-refractivity contribution in [1.29, 1.82) is 0 Å². The summed E-state index contributed by atoms with van der Waals surface area (Å²) < 4.78 is 0. The van der Waals surface area contributed by atoms with E-state index in [0.717, 1.165) is 21.8 Å². The van der Waals surface area contributed by atoms with Crippen molar-refractivity contribution in [2.24, 2.45) is 5.92 Å². The second-order valence-corrected chi connectivity index (χ2v) is 7.83. The Morgan fingerprint density at radius 1 is 1.15 bits per heavy atom. The molecule has 1 heterocycles. The number of amides is 1. The number of nitrogens with one attached hydrogen (secondary N) is 1. The lowest BCUT2D eigenvalue weighted by Gasteiger charge is -2.22. The van der Waals surface area contributed by atoms with Crippen molar-refractivity contribution in [3.63, 3.8) is 0 Å². The molecule has 0 saturated heterocycles. The Balaban J connectivity index is 1.68. The van der Waals surface area contributed by atoms with Crippen molar-refractivity contribution in [3.05, 3.63) is 76.3 Å². The maximum Gasteiger partial charge on any atom is 0.226 e. The summed E-state index contributed by atoms with van der Waals surface area (Å²) in [5.41, 5.74) is 2.87. The second kappa shape index (κ2) is 8.47. The molecule has 0 aliphatic carbocycles. The van der Waals surface area contributed by atoms with Gasteiger partial charge in [-0.1, -0.05) is 67.9 Å². The van der Waals surface area contributed by atoms with Gasteiger partial charge in [-0.2, -0.15) is 0 Å². The summed E-state index contributed by atoms with van der Waals surface area (Å²) in [7, 11) is 0. The highest BCUT2D eigenvalue weighted by atomic mass is 35.5. The van der Waals surface area contributed by atoms with Gasteiger partial charge in [-0.25, -0.2) is 4.98 Å². The van der Waals surface area contributed by atoms with Crippen LogP contribution in [-0.2, 0) is 11.2 Å². The number of carbonyl (C=O) groups excluding carboxylic acids is 1. The van der Waals surface area contributed by atoms with Gasteiger partial charge in [0.25, 0.3) is 0 Å². The molecule has 0 aliphatic rings. The maximum atomic E-state index is 12.5. The summed E-state index contributed by atoms with van der Waals surface area (Å²) in [6.07, 6.45) is 0.271. The van der Waals surface area contributed by atoms with Crippen molar-refractivity contribution in [2.75, 3.05) is 0 Å². The van der Waals surface area contributed by atoms with Crippen LogP contribution in [0.5, 0.6) is 0 Å². The molecule has 0 aliphatic heterocycles. The molecular formula is C21H21ClN2OS. The van der Waals surface area contributed by atoms with Crippen LogP contribution in [0.15, 0.2) is 60.0 Å². The van der Waals surface area contributed by atoms with E-state index < -0.39 is 0 Å². The van der Waals surface area contributed by atoms with Gasteiger partial charge in [0.15, 0.2) is 0 Å². The fourth-order valence-electron chi connectivity index (χ4n) is 2.83. The third-order valence-electron chi connectivity index (χ3n) is 4.11. The van der Waals surface area contributed by atoms with Crippen LogP contribution in [-0.4, -0.2) is 10.9 Å². The van der Waals surface area contributed by atoms with Gasteiger partial charge in [0.2, 0.25) is 5.91 Å². The van der Waals surface area contributed by atoms with E-state index in [0.29, 0.717) is 10.9 Å². The number of rotatable bonds is 6. The average Bonchev–Trinajstić information content (AvgIpc) is 3.08. The molecule has 3 rings (SSSR count). The molecule has 0 fully saturated rings. The van der Waals surface area contributed by atoms with Gasteiger partial charge in [-0.15, -0.1) is 11.3 Å². The summed E-state index contributed by atoms with van der Waals surface area (Å²) in [6.45, 7) is 4.22. The highest BCUT2D eigenvalue weighted by Crippen LogP contribution is 2.26. The highest BCUT2D eigenvalue weighted by molar-refractivity contribution is 7.13. The summed E-state index contributed by atoms with van der Waals surface area (Å²) in [5.74, 6) is 0.286. The molecule has 3 aromatic rings. The molecule has 1 N–H and O–H groups in total. The zero-order valence-corrected chi connectivity index (χ0v) is 16.3. The summed E-state index contributed by atoms with van der Waals surface area (Å²) in [5, 5.41) is 6.63. The summed E-state index contributed by atoms with van der Waals surface area (Å²) in [4.78, 5) is 17.1. The van der Waals surface area contributed by atoms with Gasteiger partial charge in [-0.05, 0) is 23.6 Å². The minimum absolute atomic E-state index is 0.00487. The molecule has 0 bridgehead atoms. The van der Waals surface area contributed by atoms with Crippen molar-refractivity contribution >= 4 is 28.8 Å². The molecule has 1 atom stereocenters. The number of nitrogens with zero attached hydrogens (tertiary/aromatic N) is 1. The van der Waals surface area contributed by atoms with Crippen molar-refractivity contribution in [3.8, 4) is 10.6 Å². The molecule has 2 aromatic carbocycles. The molecule has 5 heteroatoms. The van der Waals surface area contributed by atoms with Crippen LogP contribution >= 0.6 is 22.9 Å². The Morgan fingerprint density at radius 3 is 2.62 bits per heavy atom. The van der Waals surface area contributed by atoms with E-state index in [1.807, 2.05) is 60.0 Å². The van der Waals surface area contributed by atoms with E-state index in [-0.39, 0.29) is 18.4 Å². The normalized spacial score (nSPS) is 12.2. The molecular weight excluding hydrogens is 364 g/mol. The number of aromatic nitrogens is 1. The molecule has 134 valence electrons. The van der Waals surface area contributed by atoms with Crippen LogP contribution < -0.4 is 5.32 Å². The lowest BCUT2D eigenvalue weighted by Crippen LogP contribution is -2.32. The SMILES string of the molecule is CC(C)C(NC(=O)Cc1csc(-c2cccc(Cl)c2)n1)c1ccccc1. The van der Waals surface area contributed by atoms with E-state index in [1.54, 1.807) is 0 Å². The second-order valence-electron chi connectivity index (χ2n) is 6.53. The Hall–Kier alpha value is -2.17. The molecule has 1 amide bonds. The smallest absolute Gasteiger partial charge is 0.226 e. The average molecular weight is 385 g/mol. The maximum absolute atomic E-state index is 12.5. The predicted octanol–water partition coefficient (Wildman–Crippen LogP) is 5.52. The fraction of sp³-hybridized carbons (Fsp3) is 0.238. The topological polar surface area (TPSA) is 42.0 Å². The molecule has 0 spiro atoms. The number of hydrogen-bond donors (Lipinski definition) is 1. The third-order valence-corrected chi connectivity index (χ3v) is 5.28. The Morgan fingerprint density at radius 2 is 1.92 bits per heavy atom. The zero-order valence-electron chi connectivity index (χ0n) is 14.8. The first kappa shape index (κ1) is 18.6. The first-order valence-electron chi connectivity index (χ1n) is 8.57. The van der Waals surface area contributed by atoms with Crippen molar-refractivity contribution in [2.45, 2.75) is 26.3 Å². The van der Waals surface area contributed by atoms with Crippen molar-refractivity contribution < 1.29 is 4.79 Å². The minimum Gasteiger partial charge on any atom is -0.349 e. The van der Waals surface area contributed by atoms with Gasteiger partial charge < -0.3 is 5.32 Å². The highest BCUT2D eigenvalue weighted by Gasteiger charge is 2.19. The van der Waals surface area contributed by atoms with E-state index in [2.05, 4.69) is 24.1 Å². The van der Waals surface area contributed by atoms with Gasteiger partial charge in [0, 0.05) is 16.0 Å². The Kier molecular flexibility index (Phi) is 6.07. The van der Waals surface area contributed by atoms with Crippen LogP contribution in [0.1, 0.15) is 31.1 Å². The van der Waals surface area contributed by atoms with E-state index in [1.165, 1.54) is 11.3 Å². The largest absolute Gasteiger partial charge is 0.349 e. The van der Waals surface area contributed by atoms with Gasteiger partial charge in [0.05, 0.1) is 18.2 Å². The van der Waals surface area contributed by atoms with Crippen LogP contribution in [0.25, 0.3) is 10.6 Å². The molecule has 1 aromatic heterocycles. The van der Waals surface area contributed by atoms with Crippen LogP contribution in [0, 0.1) is 5.92 Å². The standard InChI is InChI=1S/C21H21ClN2OS/c1-14(2)20(15-7-4-3-5-8-15)24-19(25)12-18-13-26-21(23-18)16-9-6-10-17(22)11-16/h3-11,13-14,20H,12H2,1-2H3,(H,24,25). The van der Waals surface area contributed by atoms with Gasteiger partial charge >= 0.3 is 0 Å². The lowest BCUT2D eigenvalue weighted by molar-refractivity contribution is -0.121. The van der Waals surface area contributed by atoms with Gasteiger partial charge in [-0.3, -0.25) is 4.79 Å². The molecule has 0 radical (unpaired) electrons. The predicted molar refractivity (Wildman–Crippen MR) is 108 cm³/mol. The monoisotopic (exact) mass is 384 g/mol. The van der Waals surface area contributed by atoms with Crippen LogP contribution in [0.3, 0.4) is 0 Å². The molecule has 3 nitrogen and oxygen atoms in total. The first-order valence-corrected chi connectivity index (χ1v) is 9.83. The van der Waals surface area contributed by atoms with E-state index in [4.69, 9.17) is 11.6 Å². The minimum atomic E-state index is -0.0181. The molecule has 26 heavy (non-hydrogen) atoms. The number of thiazole rings is 1. The number of halogens is 1. The first-order chi connectivity index (χ1) is 12.5. The summed E-state index contributed by atoms with van der Waals surface area (Å²) in [6, 6.07) is 17.7. The summed E-state index contributed by atoms with van der Waals surface area (Å²) >= 11 is 7.57. The number of hydrogen-bond acceptors (Lipinski definition) is 3. The van der Waals surface area contributed by atoms with E-state index in [9.17, 15) is 4.79 Å². The van der Waals surface area contributed by atoms with Crippen molar-refractivity contribution in [1.82, 2.24) is 10.3 Å². The quantitative estimate of drug-likeness (QED) is 0.608.